The van der Waals surface area contributed by atoms with Crippen molar-refractivity contribution in [2.75, 3.05) is 20.6 Å². The molecule has 0 saturated heterocycles. The molecule has 0 aliphatic heterocycles. The number of ether oxygens (including phenoxy) is 1. The Morgan fingerprint density at radius 1 is 0.500 bits per heavy atom. The highest BCUT2D eigenvalue weighted by molar-refractivity contribution is 5.69. The summed E-state index contributed by atoms with van der Waals surface area (Å²) in [6, 6.07) is 0. The number of carbonyl (C=O) groups excluding carboxylic acids is 1. The van der Waals surface area contributed by atoms with Crippen LogP contribution in [0.1, 0.15) is 178 Å². The molecule has 4 unspecified atom stereocenters. The maximum absolute atomic E-state index is 13.1. The Balaban J connectivity index is 5.43. The van der Waals surface area contributed by atoms with Crippen LogP contribution in [0.25, 0.3) is 0 Å². The lowest BCUT2D eigenvalue weighted by Crippen LogP contribution is -2.29. The average molecular weight is 594 g/mol. The lowest BCUT2D eigenvalue weighted by atomic mass is 9.82. The normalized spacial score (nSPS) is 15.9. The summed E-state index contributed by atoms with van der Waals surface area (Å²) >= 11 is 0. The van der Waals surface area contributed by atoms with E-state index in [2.05, 4.69) is 81.3 Å². The van der Waals surface area contributed by atoms with E-state index in [-0.39, 0.29) is 12.1 Å². The van der Waals surface area contributed by atoms with Crippen LogP contribution in [0.2, 0.25) is 0 Å². The predicted octanol–water partition coefficient (Wildman–Crippen LogP) is 12.0. The largest absolute Gasteiger partial charge is 0.462 e. The molecule has 0 saturated carbocycles. The molecule has 0 aromatic carbocycles. The SMILES string of the molecule is CC(C)CCCC(C)CCC(CCC(C)CCCC(C)C)C(CCC(C)CCCC(C)C)OC(=O)CCCCN(C)C. The zero-order valence-corrected chi connectivity index (χ0v) is 30.8. The van der Waals surface area contributed by atoms with Crippen LogP contribution in [0.15, 0.2) is 0 Å². The molecule has 0 aliphatic rings. The summed E-state index contributed by atoms with van der Waals surface area (Å²) in [6.07, 6.45) is 21.8. The van der Waals surface area contributed by atoms with Crippen molar-refractivity contribution in [3.05, 3.63) is 0 Å². The summed E-state index contributed by atoms with van der Waals surface area (Å²) in [5.41, 5.74) is 0. The van der Waals surface area contributed by atoms with Gasteiger partial charge in [-0.1, -0.05) is 133 Å². The number of nitrogens with zero attached hydrogens (tertiary/aromatic N) is 1. The highest BCUT2D eigenvalue weighted by Gasteiger charge is 2.27. The first-order valence-corrected chi connectivity index (χ1v) is 18.6. The van der Waals surface area contributed by atoms with Crippen LogP contribution >= 0.6 is 0 Å². The Bertz CT molecular complexity index is 590. The molecule has 0 bridgehead atoms. The minimum Gasteiger partial charge on any atom is -0.462 e. The third-order valence-corrected chi connectivity index (χ3v) is 9.48. The molecule has 0 N–H and O–H groups in total. The first-order chi connectivity index (χ1) is 19.8. The van der Waals surface area contributed by atoms with Gasteiger partial charge < -0.3 is 9.64 Å². The van der Waals surface area contributed by atoms with Crippen LogP contribution in [0.3, 0.4) is 0 Å². The molecule has 0 heterocycles. The Kier molecular flexibility index (Phi) is 25.4. The van der Waals surface area contributed by atoms with Gasteiger partial charge in [0.15, 0.2) is 0 Å². The fraction of sp³-hybridized carbons (Fsp3) is 0.974. The summed E-state index contributed by atoms with van der Waals surface area (Å²) in [4.78, 5) is 15.3. The second-order valence-corrected chi connectivity index (χ2v) is 16.1. The topological polar surface area (TPSA) is 29.5 Å². The summed E-state index contributed by atoms with van der Waals surface area (Å²) in [6.45, 7) is 22.4. The standard InChI is InChI=1S/C39H79NO2/c1-31(2)17-14-20-34(7)24-27-37(28-25-35(8)21-15-18-32(3)4)38(29-26-36(9)22-16-19-33(5)6)42-39(41)23-12-13-30-40(10)11/h31-38H,12-30H2,1-11H3. The van der Waals surface area contributed by atoms with Gasteiger partial charge in [-0.3, -0.25) is 4.79 Å². The molecule has 0 aliphatic carbocycles. The number of unbranched alkanes of at least 4 members (excludes halogenated alkanes) is 1. The summed E-state index contributed by atoms with van der Waals surface area (Å²) in [5, 5.41) is 0. The van der Waals surface area contributed by atoms with E-state index >= 15 is 0 Å². The zero-order valence-electron chi connectivity index (χ0n) is 30.8. The third kappa shape index (κ3) is 25.9. The highest BCUT2D eigenvalue weighted by Crippen LogP contribution is 2.32. The third-order valence-electron chi connectivity index (χ3n) is 9.48. The molecule has 0 aromatic heterocycles. The lowest BCUT2D eigenvalue weighted by Gasteiger charge is -2.30. The fourth-order valence-electron chi connectivity index (χ4n) is 6.33. The van der Waals surface area contributed by atoms with Crippen molar-refractivity contribution >= 4 is 5.97 Å². The highest BCUT2D eigenvalue weighted by atomic mass is 16.5. The summed E-state index contributed by atoms with van der Waals surface area (Å²) in [7, 11) is 4.21. The van der Waals surface area contributed by atoms with Crippen LogP contribution < -0.4 is 0 Å². The van der Waals surface area contributed by atoms with Gasteiger partial charge in [-0.25, -0.2) is 0 Å². The Morgan fingerprint density at radius 2 is 0.905 bits per heavy atom. The fourth-order valence-corrected chi connectivity index (χ4v) is 6.33. The van der Waals surface area contributed by atoms with E-state index in [0.29, 0.717) is 18.3 Å². The maximum Gasteiger partial charge on any atom is 0.306 e. The van der Waals surface area contributed by atoms with Crippen LogP contribution in [-0.2, 0) is 9.53 Å². The van der Waals surface area contributed by atoms with E-state index in [4.69, 9.17) is 4.74 Å². The summed E-state index contributed by atoms with van der Waals surface area (Å²) < 4.78 is 6.45. The van der Waals surface area contributed by atoms with Gasteiger partial charge in [0.2, 0.25) is 0 Å². The van der Waals surface area contributed by atoms with Gasteiger partial charge in [0.1, 0.15) is 6.10 Å². The Morgan fingerprint density at radius 3 is 1.29 bits per heavy atom. The molecule has 4 atom stereocenters. The number of carbonyl (C=O) groups is 1. The van der Waals surface area contributed by atoms with Gasteiger partial charge in [-0.05, 0) is 101 Å². The van der Waals surface area contributed by atoms with Crippen LogP contribution in [0, 0.1) is 41.4 Å². The smallest absolute Gasteiger partial charge is 0.306 e. The molecule has 0 rings (SSSR count). The number of esters is 1. The predicted molar refractivity (Wildman–Crippen MR) is 187 cm³/mol. The van der Waals surface area contributed by atoms with Crippen molar-refractivity contribution in [1.82, 2.24) is 4.90 Å². The van der Waals surface area contributed by atoms with Crippen molar-refractivity contribution in [3.63, 3.8) is 0 Å². The van der Waals surface area contributed by atoms with Gasteiger partial charge in [-0.2, -0.15) is 0 Å². The first-order valence-electron chi connectivity index (χ1n) is 18.6. The van der Waals surface area contributed by atoms with Crippen LogP contribution in [0.4, 0.5) is 0 Å². The average Bonchev–Trinajstić information content (AvgIpc) is 2.88. The Labute approximate surface area is 266 Å². The molecule has 0 fully saturated rings. The van der Waals surface area contributed by atoms with E-state index in [1.165, 1.54) is 89.9 Å². The minimum absolute atomic E-state index is 0.0474. The molecule has 42 heavy (non-hydrogen) atoms. The van der Waals surface area contributed by atoms with Crippen molar-refractivity contribution in [1.29, 1.82) is 0 Å². The molecule has 0 spiro atoms. The monoisotopic (exact) mass is 594 g/mol. The van der Waals surface area contributed by atoms with Crippen molar-refractivity contribution in [3.8, 4) is 0 Å². The molecule has 0 radical (unpaired) electrons. The second kappa shape index (κ2) is 25.7. The van der Waals surface area contributed by atoms with Gasteiger partial charge in [-0.15, -0.1) is 0 Å². The second-order valence-electron chi connectivity index (χ2n) is 16.1. The van der Waals surface area contributed by atoms with Gasteiger partial charge in [0.05, 0.1) is 0 Å². The molecular formula is C39H79NO2. The first kappa shape index (κ1) is 41.4. The van der Waals surface area contributed by atoms with Crippen LogP contribution in [0.5, 0.6) is 0 Å². The minimum atomic E-state index is 0.0474. The van der Waals surface area contributed by atoms with Crippen molar-refractivity contribution < 1.29 is 9.53 Å². The molecule has 0 amide bonds. The molecule has 3 nitrogen and oxygen atoms in total. The van der Waals surface area contributed by atoms with E-state index in [0.717, 1.165) is 55.4 Å². The van der Waals surface area contributed by atoms with Gasteiger partial charge in [0, 0.05) is 6.42 Å². The van der Waals surface area contributed by atoms with E-state index < -0.39 is 0 Å². The molecule has 252 valence electrons. The van der Waals surface area contributed by atoms with Gasteiger partial charge >= 0.3 is 5.97 Å². The number of hydrogen-bond acceptors (Lipinski definition) is 3. The quantitative estimate of drug-likeness (QED) is 0.0667. The molecule has 3 heteroatoms. The van der Waals surface area contributed by atoms with E-state index in [1.54, 1.807) is 0 Å². The maximum atomic E-state index is 13.1. The molecular weight excluding hydrogens is 514 g/mol. The zero-order chi connectivity index (χ0) is 31.9. The van der Waals surface area contributed by atoms with Crippen LogP contribution in [-0.4, -0.2) is 37.6 Å². The lowest BCUT2D eigenvalue weighted by molar-refractivity contribution is -0.153. The van der Waals surface area contributed by atoms with Crippen molar-refractivity contribution in [2.24, 2.45) is 41.4 Å². The number of hydrogen-bond donors (Lipinski definition) is 0. The number of rotatable bonds is 28. The van der Waals surface area contributed by atoms with Gasteiger partial charge in [0.25, 0.3) is 0 Å². The van der Waals surface area contributed by atoms with E-state index in [9.17, 15) is 4.79 Å². The Hall–Kier alpha value is -0.570. The summed E-state index contributed by atoms with van der Waals surface area (Å²) in [5.74, 6) is 5.14. The van der Waals surface area contributed by atoms with Crippen molar-refractivity contribution in [2.45, 2.75) is 184 Å². The van der Waals surface area contributed by atoms with E-state index in [1.807, 2.05) is 0 Å². The molecule has 0 aromatic rings.